The van der Waals surface area contributed by atoms with Crippen LogP contribution in [0.15, 0.2) is 4.52 Å². The van der Waals surface area contributed by atoms with E-state index in [0.717, 1.165) is 0 Å². The Morgan fingerprint density at radius 2 is 1.96 bits per heavy atom. The van der Waals surface area contributed by atoms with Crippen molar-refractivity contribution in [1.29, 1.82) is 0 Å². The van der Waals surface area contributed by atoms with Crippen molar-refractivity contribution in [3.8, 4) is 0 Å². The highest BCUT2D eigenvalue weighted by atomic mass is 16.5. The topological polar surface area (TPSA) is 227 Å². The molecule has 1 aromatic heterocycles. The van der Waals surface area contributed by atoms with Crippen molar-refractivity contribution in [3.63, 3.8) is 0 Å². The number of aliphatic hydroxyl groups excluding tert-OH is 2. The highest BCUT2D eigenvalue weighted by molar-refractivity contribution is 5.83. The fraction of sp³-hybridized carbons (Fsp3) is 0.583. The molecule has 3 amide bonds. The molecule has 4 atom stereocenters. The zero-order valence-electron chi connectivity index (χ0n) is 13.2. The van der Waals surface area contributed by atoms with Gasteiger partial charge in [0, 0.05) is 0 Å². The molecule has 0 aromatic carbocycles. The van der Waals surface area contributed by atoms with E-state index >= 15 is 0 Å². The van der Waals surface area contributed by atoms with Crippen LogP contribution >= 0.6 is 0 Å². The van der Waals surface area contributed by atoms with Crippen molar-refractivity contribution in [2.75, 3.05) is 6.61 Å². The second-order valence-electron chi connectivity index (χ2n) is 5.17. The van der Waals surface area contributed by atoms with Crippen LogP contribution in [-0.4, -0.2) is 62.1 Å². The Morgan fingerprint density at radius 1 is 1.32 bits per heavy atom. The Labute approximate surface area is 141 Å². The third kappa shape index (κ3) is 5.98. The van der Waals surface area contributed by atoms with E-state index in [1.807, 2.05) is 5.32 Å². The molecule has 140 valence electrons. The molecule has 0 saturated heterocycles. The zero-order chi connectivity index (χ0) is 19.1. The highest BCUT2D eigenvalue weighted by Gasteiger charge is 2.27. The first-order chi connectivity index (χ1) is 11.6. The molecule has 1 aromatic rings. The lowest BCUT2D eigenvalue weighted by Crippen LogP contribution is -2.49. The first-order valence-electron chi connectivity index (χ1n) is 7.11. The number of primary amides is 1. The first kappa shape index (κ1) is 20.3. The number of aliphatic carboxylic acids is 1. The van der Waals surface area contributed by atoms with Gasteiger partial charge >= 0.3 is 12.0 Å². The maximum Gasteiger partial charge on any atom is 0.328 e. The minimum Gasteiger partial charge on any atom is -0.480 e. The summed E-state index contributed by atoms with van der Waals surface area (Å²) in [5.74, 6) is -2.52. The van der Waals surface area contributed by atoms with Gasteiger partial charge in [-0.1, -0.05) is 5.16 Å². The van der Waals surface area contributed by atoms with E-state index in [4.69, 9.17) is 26.2 Å². The number of carboxylic acid groups (broad SMARTS) is 1. The Kier molecular flexibility index (Phi) is 7.22. The Bertz CT molecular complexity index is 619. The number of nitrogens with zero attached hydrogens (tertiary/aromatic N) is 2. The standard InChI is InChI=1S/C12H20N6O7/c1-4(20)8(14)9-17-10(25-18-9)5(2-7(13)21)15-12(24)16-6(3-19)11(22)23/h4-6,8,19-20H,2-3,14H2,1H3,(H2,13,21)(H,22,23)(H2,15,16,24)/t4?,5-,6-,8-/m1/s1. The van der Waals surface area contributed by atoms with E-state index in [9.17, 15) is 19.5 Å². The Balaban J connectivity index is 2.89. The number of carbonyl (C=O) groups excluding carboxylic acids is 2. The van der Waals surface area contributed by atoms with Gasteiger partial charge in [-0.05, 0) is 6.92 Å². The van der Waals surface area contributed by atoms with Crippen LogP contribution in [-0.2, 0) is 9.59 Å². The zero-order valence-corrected chi connectivity index (χ0v) is 13.2. The summed E-state index contributed by atoms with van der Waals surface area (Å²) in [5.41, 5.74) is 10.7. The van der Waals surface area contributed by atoms with Crippen LogP contribution in [0.25, 0.3) is 0 Å². The number of aliphatic hydroxyl groups is 2. The molecule has 0 radical (unpaired) electrons. The fourth-order valence-electron chi connectivity index (χ4n) is 1.68. The van der Waals surface area contributed by atoms with Gasteiger partial charge < -0.3 is 41.9 Å². The van der Waals surface area contributed by atoms with Gasteiger partial charge in [-0.3, -0.25) is 4.79 Å². The average molecular weight is 360 g/mol. The molecule has 13 heteroatoms. The molecule has 13 nitrogen and oxygen atoms in total. The molecule has 1 unspecified atom stereocenters. The van der Waals surface area contributed by atoms with Gasteiger partial charge in [0.15, 0.2) is 11.9 Å². The molecular weight excluding hydrogens is 340 g/mol. The predicted molar refractivity (Wildman–Crippen MR) is 79.6 cm³/mol. The number of hydrogen-bond acceptors (Lipinski definition) is 9. The molecule has 0 bridgehead atoms. The largest absolute Gasteiger partial charge is 0.480 e. The predicted octanol–water partition coefficient (Wildman–Crippen LogP) is -2.89. The van der Waals surface area contributed by atoms with E-state index in [1.165, 1.54) is 6.92 Å². The molecule has 0 aliphatic heterocycles. The van der Waals surface area contributed by atoms with Gasteiger partial charge in [0.1, 0.15) is 6.04 Å². The summed E-state index contributed by atoms with van der Waals surface area (Å²) in [5, 5.41) is 34.8. The smallest absolute Gasteiger partial charge is 0.328 e. The number of aromatic nitrogens is 2. The lowest BCUT2D eigenvalue weighted by Gasteiger charge is -2.16. The second kappa shape index (κ2) is 8.91. The van der Waals surface area contributed by atoms with Gasteiger partial charge in [0.05, 0.1) is 25.2 Å². The van der Waals surface area contributed by atoms with Crippen molar-refractivity contribution in [2.24, 2.45) is 11.5 Å². The maximum atomic E-state index is 11.8. The molecular formula is C12H20N6O7. The highest BCUT2D eigenvalue weighted by Crippen LogP contribution is 2.18. The van der Waals surface area contributed by atoms with Crippen molar-refractivity contribution < 1.29 is 34.2 Å². The van der Waals surface area contributed by atoms with Crippen LogP contribution in [0.2, 0.25) is 0 Å². The number of nitrogens with one attached hydrogen (secondary N) is 2. The number of urea groups is 1. The number of amides is 3. The summed E-state index contributed by atoms with van der Waals surface area (Å²) < 4.78 is 4.91. The van der Waals surface area contributed by atoms with Crippen molar-refractivity contribution in [1.82, 2.24) is 20.8 Å². The van der Waals surface area contributed by atoms with Gasteiger partial charge in [-0.2, -0.15) is 4.98 Å². The molecule has 9 N–H and O–H groups in total. The summed E-state index contributed by atoms with van der Waals surface area (Å²) in [4.78, 5) is 37.7. The maximum absolute atomic E-state index is 11.8. The van der Waals surface area contributed by atoms with E-state index in [0.29, 0.717) is 0 Å². The Morgan fingerprint density at radius 3 is 2.44 bits per heavy atom. The second-order valence-corrected chi connectivity index (χ2v) is 5.17. The first-order valence-corrected chi connectivity index (χ1v) is 7.11. The van der Waals surface area contributed by atoms with E-state index in [2.05, 4.69) is 15.5 Å². The number of nitrogens with two attached hydrogens (primary N) is 2. The van der Waals surface area contributed by atoms with Crippen LogP contribution in [0, 0.1) is 0 Å². The minimum absolute atomic E-state index is 0.0551. The molecule has 0 spiro atoms. The summed E-state index contributed by atoms with van der Waals surface area (Å²) in [6.45, 7) is 0.575. The molecule has 25 heavy (non-hydrogen) atoms. The van der Waals surface area contributed by atoms with Crippen LogP contribution in [0.5, 0.6) is 0 Å². The fourth-order valence-corrected chi connectivity index (χ4v) is 1.68. The van der Waals surface area contributed by atoms with Crippen molar-refractivity contribution in [2.45, 2.75) is 37.6 Å². The molecule has 0 aliphatic rings. The Hall–Kier alpha value is -2.77. The summed E-state index contributed by atoms with van der Waals surface area (Å²) in [7, 11) is 0. The number of rotatable bonds is 9. The van der Waals surface area contributed by atoms with Gasteiger partial charge in [-0.15, -0.1) is 0 Å². The third-order valence-corrected chi connectivity index (χ3v) is 3.07. The quantitative estimate of drug-likeness (QED) is 0.238. The van der Waals surface area contributed by atoms with Crippen molar-refractivity contribution >= 4 is 17.9 Å². The van der Waals surface area contributed by atoms with Crippen LogP contribution in [0.4, 0.5) is 4.79 Å². The van der Waals surface area contributed by atoms with Gasteiger partial charge in [0.25, 0.3) is 0 Å². The van der Waals surface area contributed by atoms with Crippen molar-refractivity contribution in [3.05, 3.63) is 11.7 Å². The SMILES string of the molecule is CC(O)[C@@H](N)c1noc([C@@H](CC(N)=O)NC(=O)N[C@H](CO)C(=O)O)n1. The lowest BCUT2D eigenvalue weighted by atomic mass is 10.2. The molecule has 0 aliphatic carbocycles. The van der Waals surface area contributed by atoms with Crippen LogP contribution in [0.3, 0.4) is 0 Å². The normalized spacial score (nSPS) is 15.7. The number of carboxylic acids is 1. The van der Waals surface area contributed by atoms with Crippen LogP contribution in [0.1, 0.15) is 37.1 Å². The van der Waals surface area contributed by atoms with E-state index in [-0.39, 0.29) is 11.7 Å². The van der Waals surface area contributed by atoms with Gasteiger partial charge in [-0.25, -0.2) is 9.59 Å². The monoisotopic (exact) mass is 360 g/mol. The minimum atomic E-state index is -1.55. The molecule has 0 fully saturated rings. The molecule has 1 rings (SSSR count). The average Bonchev–Trinajstić information content (AvgIpc) is 3.00. The molecule has 1 heterocycles. The van der Waals surface area contributed by atoms with Crippen LogP contribution < -0.4 is 22.1 Å². The summed E-state index contributed by atoms with van der Waals surface area (Å²) in [6, 6.07) is -4.66. The molecule has 0 saturated carbocycles. The van der Waals surface area contributed by atoms with E-state index < -0.39 is 55.2 Å². The van der Waals surface area contributed by atoms with Gasteiger partial charge in [0.2, 0.25) is 11.8 Å². The number of carbonyl (C=O) groups is 3. The number of hydrogen-bond donors (Lipinski definition) is 7. The summed E-state index contributed by atoms with van der Waals surface area (Å²) in [6.07, 6.45) is -1.40. The third-order valence-electron chi connectivity index (χ3n) is 3.07. The summed E-state index contributed by atoms with van der Waals surface area (Å²) >= 11 is 0. The van der Waals surface area contributed by atoms with E-state index in [1.54, 1.807) is 0 Å². The lowest BCUT2D eigenvalue weighted by molar-refractivity contribution is -0.140.